The Hall–Kier alpha value is -2.08. The molecule has 0 aromatic heterocycles. The van der Waals surface area contributed by atoms with Gasteiger partial charge >= 0.3 is 12.1 Å². The van der Waals surface area contributed by atoms with Gasteiger partial charge in [-0.2, -0.15) is 0 Å². The van der Waals surface area contributed by atoms with E-state index in [2.05, 4.69) is 44.2 Å². The molecule has 1 amide bonds. The van der Waals surface area contributed by atoms with E-state index >= 15 is 0 Å². The zero-order chi connectivity index (χ0) is 25.1. The maximum absolute atomic E-state index is 12.7. The molecule has 2 rings (SSSR count). The van der Waals surface area contributed by atoms with Gasteiger partial charge in [-0.25, -0.2) is 4.79 Å². The second-order valence-corrected chi connectivity index (χ2v) is 10.5. The number of hydrogen-bond donors (Lipinski definition) is 1. The molecule has 1 aliphatic carbocycles. The molecule has 0 bridgehead atoms. The molecule has 192 valence electrons. The third-order valence-electron chi connectivity index (χ3n) is 7.04. The summed E-state index contributed by atoms with van der Waals surface area (Å²) in [6.45, 7) is 9.64. The van der Waals surface area contributed by atoms with E-state index in [1.54, 1.807) is 0 Å². The van der Waals surface area contributed by atoms with Crippen LogP contribution in [0, 0.1) is 11.3 Å². The van der Waals surface area contributed by atoms with Crippen LogP contribution in [-0.4, -0.2) is 50.3 Å². The van der Waals surface area contributed by atoms with Crippen molar-refractivity contribution >= 4 is 12.1 Å². The minimum absolute atomic E-state index is 0.129. The summed E-state index contributed by atoms with van der Waals surface area (Å²) in [5.74, 6) is 1.33. The van der Waals surface area contributed by atoms with Crippen LogP contribution in [0.25, 0.3) is 0 Å². The lowest BCUT2D eigenvalue weighted by atomic mass is 9.71. The topological polar surface area (TPSA) is 67.9 Å². The van der Waals surface area contributed by atoms with Gasteiger partial charge in [0.2, 0.25) is 0 Å². The van der Waals surface area contributed by atoms with E-state index < -0.39 is 6.09 Å². The highest BCUT2D eigenvalue weighted by Crippen LogP contribution is 2.39. The van der Waals surface area contributed by atoms with Crippen LogP contribution in [-0.2, 0) is 9.53 Å². The molecular weight excluding hydrogens is 428 g/mol. The van der Waals surface area contributed by atoms with Crippen LogP contribution in [0.3, 0.4) is 0 Å². The number of ether oxygens (including phenoxy) is 2. The van der Waals surface area contributed by atoms with Crippen molar-refractivity contribution in [1.82, 2.24) is 10.2 Å². The summed E-state index contributed by atoms with van der Waals surface area (Å²) >= 11 is 0. The van der Waals surface area contributed by atoms with Crippen LogP contribution in [0.5, 0.6) is 5.75 Å². The fourth-order valence-corrected chi connectivity index (χ4v) is 5.39. The summed E-state index contributed by atoms with van der Waals surface area (Å²) in [4.78, 5) is 27.3. The average Bonchev–Trinajstić information content (AvgIpc) is 2.77. The van der Waals surface area contributed by atoms with Crippen molar-refractivity contribution in [2.45, 2.75) is 91.1 Å². The number of nitrogens with one attached hydrogen (secondary N) is 1. The number of hydrogen-bond acceptors (Lipinski definition) is 5. The first-order valence-electron chi connectivity index (χ1n) is 13.1. The van der Waals surface area contributed by atoms with Gasteiger partial charge in [0, 0.05) is 13.1 Å². The molecule has 1 N–H and O–H groups in total. The van der Waals surface area contributed by atoms with Crippen molar-refractivity contribution in [2.24, 2.45) is 11.3 Å². The van der Waals surface area contributed by atoms with Crippen LogP contribution in [0.15, 0.2) is 24.3 Å². The highest BCUT2D eigenvalue weighted by atomic mass is 16.6. The van der Waals surface area contributed by atoms with Gasteiger partial charge < -0.3 is 19.7 Å². The number of carbonyl (C=O) groups excluding carboxylic acids is 2. The Labute approximate surface area is 206 Å². The summed E-state index contributed by atoms with van der Waals surface area (Å²) in [6.07, 6.45) is 7.02. The summed E-state index contributed by atoms with van der Waals surface area (Å²) in [6, 6.07) is 7.93. The van der Waals surface area contributed by atoms with Crippen LogP contribution in [0.1, 0.15) is 90.5 Å². The standard InChI is InChI=1S/C28H46N2O4/c1-7-22(19-30(5)6)25(8-2)23-13-12-14-24(17-23)34-27(32)29-20-28(15-10-9-11-16-28)18-26(31)33-21(3)4/h12-14,17,21-22,25H,7-11,15-16,18-20H2,1-6H3,(H,29,32)/t22-,25-/m0/s1. The first-order valence-corrected chi connectivity index (χ1v) is 13.1. The summed E-state index contributed by atoms with van der Waals surface area (Å²) in [5, 5.41) is 2.95. The van der Waals surface area contributed by atoms with Gasteiger partial charge in [0.25, 0.3) is 0 Å². The molecule has 1 aromatic rings. The van der Waals surface area contributed by atoms with Crippen LogP contribution in [0.4, 0.5) is 4.79 Å². The van der Waals surface area contributed by atoms with Gasteiger partial charge in [-0.05, 0) is 82.2 Å². The van der Waals surface area contributed by atoms with Gasteiger partial charge in [0.1, 0.15) is 5.75 Å². The first kappa shape index (κ1) is 28.2. The molecule has 0 aliphatic heterocycles. The smallest absolute Gasteiger partial charge is 0.412 e. The highest BCUT2D eigenvalue weighted by Gasteiger charge is 2.35. The Kier molecular flexibility index (Phi) is 11.4. The number of amides is 1. The lowest BCUT2D eigenvalue weighted by Crippen LogP contribution is -2.41. The highest BCUT2D eigenvalue weighted by molar-refractivity contribution is 5.72. The van der Waals surface area contributed by atoms with Crippen molar-refractivity contribution in [3.8, 4) is 5.75 Å². The molecule has 1 saturated carbocycles. The third-order valence-corrected chi connectivity index (χ3v) is 7.04. The molecule has 34 heavy (non-hydrogen) atoms. The predicted octanol–water partition coefficient (Wildman–Crippen LogP) is 6.15. The Morgan fingerprint density at radius 3 is 2.38 bits per heavy atom. The van der Waals surface area contributed by atoms with Gasteiger partial charge in [-0.15, -0.1) is 0 Å². The summed E-state index contributed by atoms with van der Waals surface area (Å²) < 4.78 is 11.1. The van der Waals surface area contributed by atoms with Crippen molar-refractivity contribution in [3.05, 3.63) is 29.8 Å². The second kappa shape index (κ2) is 13.7. The lowest BCUT2D eigenvalue weighted by Gasteiger charge is -2.36. The zero-order valence-electron chi connectivity index (χ0n) is 22.2. The molecule has 2 atom stereocenters. The van der Waals surface area contributed by atoms with Crippen LogP contribution < -0.4 is 10.1 Å². The molecule has 0 unspecified atom stereocenters. The number of benzene rings is 1. The predicted molar refractivity (Wildman–Crippen MR) is 137 cm³/mol. The molecule has 1 aromatic carbocycles. The minimum atomic E-state index is -0.465. The molecule has 6 heteroatoms. The first-order chi connectivity index (χ1) is 16.2. The van der Waals surface area contributed by atoms with E-state index in [1.165, 1.54) is 12.0 Å². The average molecular weight is 475 g/mol. The molecule has 1 fully saturated rings. The van der Waals surface area contributed by atoms with Crippen LogP contribution in [0.2, 0.25) is 0 Å². The largest absolute Gasteiger partial charge is 0.463 e. The Balaban J connectivity index is 2.02. The van der Waals surface area contributed by atoms with E-state index in [0.717, 1.165) is 45.1 Å². The minimum Gasteiger partial charge on any atom is -0.463 e. The van der Waals surface area contributed by atoms with Gasteiger partial charge in [-0.1, -0.05) is 51.7 Å². The van der Waals surface area contributed by atoms with E-state index in [4.69, 9.17) is 9.47 Å². The maximum atomic E-state index is 12.7. The van der Waals surface area contributed by atoms with E-state index in [-0.39, 0.29) is 17.5 Å². The fourth-order valence-electron chi connectivity index (χ4n) is 5.39. The summed E-state index contributed by atoms with van der Waals surface area (Å²) in [5.41, 5.74) is 0.959. The second-order valence-electron chi connectivity index (χ2n) is 10.5. The van der Waals surface area contributed by atoms with Gasteiger partial charge in [-0.3, -0.25) is 4.79 Å². The molecule has 0 heterocycles. The Morgan fingerprint density at radius 2 is 1.79 bits per heavy atom. The Bertz CT molecular complexity index is 771. The van der Waals surface area contributed by atoms with Gasteiger partial charge in [0.05, 0.1) is 12.5 Å². The number of rotatable bonds is 12. The molecule has 0 radical (unpaired) electrons. The maximum Gasteiger partial charge on any atom is 0.412 e. The zero-order valence-corrected chi connectivity index (χ0v) is 22.2. The van der Waals surface area contributed by atoms with Crippen molar-refractivity contribution < 1.29 is 19.1 Å². The SMILES string of the molecule is CC[C@@H](CN(C)C)[C@H](CC)c1cccc(OC(=O)NCC2(CC(=O)OC(C)C)CCCCC2)c1. The molecule has 0 spiro atoms. The van der Waals surface area contributed by atoms with Crippen LogP contribution >= 0.6 is 0 Å². The molecule has 6 nitrogen and oxygen atoms in total. The van der Waals surface area contributed by atoms with Gasteiger partial charge in [0.15, 0.2) is 0 Å². The molecular formula is C28H46N2O4. The number of esters is 1. The quantitative estimate of drug-likeness (QED) is 0.368. The lowest BCUT2D eigenvalue weighted by molar-refractivity contribution is -0.150. The number of carbonyl (C=O) groups is 2. The number of nitrogens with zero attached hydrogens (tertiary/aromatic N) is 1. The van der Waals surface area contributed by atoms with Crippen molar-refractivity contribution in [3.63, 3.8) is 0 Å². The normalized spacial score (nSPS) is 17.3. The third kappa shape index (κ3) is 8.94. The van der Waals surface area contributed by atoms with E-state index in [0.29, 0.717) is 30.6 Å². The van der Waals surface area contributed by atoms with Crippen molar-refractivity contribution in [2.75, 3.05) is 27.2 Å². The molecule has 1 aliphatic rings. The van der Waals surface area contributed by atoms with E-state index in [9.17, 15) is 9.59 Å². The van der Waals surface area contributed by atoms with Crippen molar-refractivity contribution in [1.29, 1.82) is 0 Å². The fraction of sp³-hybridized carbons (Fsp3) is 0.714. The summed E-state index contributed by atoms with van der Waals surface area (Å²) in [7, 11) is 4.22. The monoisotopic (exact) mass is 474 g/mol. The van der Waals surface area contributed by atoms with E-state index in [1.807, 2.05) is 32.0 Å². The Morgan fingerprint density at radius 1 is 1.09 bits per heavy atom. The molecule has 0 saturated heterocycles.